The predicted molar refractivity (Wildman–Crippen MR) is 69.2 cm³/mol. The van der Waals surface area contributed by atoms with Gasteiger partial charge in [0.05, 0.1) is 12.5 Å². The number of aryl methyl sites for hydroxylation is 1. The number of carbonyl (C=O) groups is 1. The Morgan fingerprint density at radius 1 is 1.50 bits per heavy atom. The number of nitrogens with zero attached hydrogens (tertiary/aromatic N) is 2. The molecule has 2 aliphatic carbocycles. The monoisotopic (exact) mass is 247 g/mol. The van der Waals surface area contributed by atoms with Crippen molar-refractivity contribution in [2.24, 2.45) is 18.4 Å². The fraction of sp³-hybridized carbons (Fsp3) is 0.714. The first-order valence-corrected chi connectivity index (χ1v) is 6.96. The predicted octanol–water partition coefficient (Wildman–Crippen LogP) is 2.12. The normalized spacial score (nSPS) is 25.1. The zero-order valence-corrected chi connectivity index (χ0v) is 11.0. The number of hydrogen-bond donors (Lipinski definition) is 1. The Hall–Kier alpha value is -1.32. The van der Waals surface area contributed by atoms with Crippen LogP contribution in [0.2, 0.25) is 0 Å². The van der Waals surface area contributed by atoms with E-state index >= 15 is 0 Å². The largest absolute Gasteiger partial charge is 0.350 e. The quantitative estimate of drug-likeness (QED) is 0.889. The molecular weight excluding hydrogens is 226 g/mol. The molecule has 0 bridgehead atoms. The molecular formula is C14H21N3O. The van der Waals surface area contributed by atoms with Gasteiger partial charge in [0.1, 0.15) is 5.69 Å². The Morgan fingerprint density at radius 3 is 2.94 bits per heavy atom. The van der Waals surface area contributed by atoms with Crippen molar-refractivity contribution in [1.82, 2.24) is 14.9 Å². The van der Waals surface area contributed by atoms with Crippen molar-refractivity contribution in [2.75, 3.05) is 6.54 Å². The lowest BCUT2D eigenvalue weighted by atomic mass is 9.84. The summed E-state index contributed by atoms with van der Waals surface area (Å²) in [5, 5.41) is 3.06. The first-order chi connectivity index (χ1) is 8.71. The number of nitrogens with one attached hydrogen (secondary N) is 1. The van der Waals surface area contributed by atoms with E-state index in [9.17, 15) is 4.79 Å². The van der Waals surface area contributed by atoms with Gasteiger partial charge in [-0.15, -0.1) is 0 Å². The highest BCUT2D eigenvalue weighted by atomic mass is 16.1. The zero-order chi connectivity index (χ0) is 12.6. The summed E-state index contributed by atoms with van der Waals surface area (Å²) in [4.78, 5) is 15.9. The molecule has 2 fully saturated rings. The van der Waals surface area contributed by atoms with Crippen molar-refractivity contribution >= 4 is 5.91 Å². The van der Waals surface area contributed by atoms with E-state index in [1.807, 2.05) is 7.05 Å². The van der Waals surface area contributed by atoms with Gasteiger partial charge >= 0.3 is 0 Å². The molecule has 3 rings (SSSR count). The summed E-state index contributed by atoms with van der Waals surface area (Å²) in [5.74, 6) is 0.725. The zero-order valence-electron chi connectivity index (χ0n) is 11.0. The van der Waals surface area contributed by atoms with Gasteiger partial charge in [-0.05, 0) is 30.6 Å². The second-order valence-corrected chi connectivity index (χ2v) is 5.92. The topological polar surface area (TPSA) is 46.9 Å². The van der Waals surface area contributed by atoms with E-state index in [-0.39, 0.29) is 5.91 Å². The fourth-order valence-corrected chi connectivity index (χ4v) is 3.47. The molecule has 2 aliphatic rings. The van der Waals surface area contributed by atoms with Crippen LogP contribution in [0.15, 0.2) is 12.5 Å². The summed E-state index contributed by atoms with van der Waals surface area (Å²) >= 11 is 0. The van der Waals surface area contributed by atoms with Gasteiger partial charge in [-0.2, -0.15) is 0 Å². The molecule has 4 nitrogen and oxygen atoms in total. The van der Waals surface area contributed by atoms with Crippen molar-refractivity contribution in [3.05, 3.63) is 18.2 Å². The molecule has 4 heteroatoms. The van der Waals surface area contributed by atoms with Crippen LogP contribution in [0.1, 0.15) is 49.0 Å². The summed E-state index contributed by atoms with van der Waals surface area (Å²) in [6.45, 7) is 0.837. The summed E-state index contributed by atoms with van der Waals surface area (Å²) in [6, 6.07) is 0. The molecule has 1 N–H and O–H groups in total. The maximum atomic E-state index is 12.0. The van der Waals surface area contributed by atoms with E-state index in [0.29, 0.717) is 11.1 Å². The van der Waals surface area contributed by atoms with E-state index in [1.54, 1.807) is 17.1 Å². The smallest absolute Gasteiger partial charge is 0.269 e. The molecule has 1 aromatic heterocycles. The number of aromatic nitrogens is 2. The third-order valence-corrected chi connectivity index (χ3v) is 4.77. The highest BCUT2D eigenvalue weighted by molar-refractivity contribution is 5.92. The third-order valence-electron chi connectivity index (χ3n) is 4.77. The molecule has 0 unspecified atom stereocenters. The van der Waals surface area contributed by atoms with Gasteiger partial charge in [0.25, 0.3) is 5.91 Å². The average Bonchev–Trinajstić information content (AvgIpc) is 2.83. The fourth-order valence-electron chi connectivity index (χ4n) is 3.47. The SMILES string of the molecule is Cn1cncc1C(=O)NC[C@@H]1CC12CCCCC2. The van der Waals surface area contributed by atoms with Crippen LogP contribution in [0.4, 0.5) is 0 Å². The van der Waals surface area contributed by atoms with Gasteiger partial charge in [0, 0.05) is 13.6 Å². The average molecular weight is 247 g/mol. The van der Waals surface area contributed by atoms with Gasteiger partial charge in [-0.1, -0.05) is 19.3 Å². The molecule has 1 spiro atoms. The maximum absolute atomic E-state index is 12.0. The summed E-state index contributed by atoms with van der Waals surface area (Å²) in [6.07, 6.45) is 11.5. The van der Waals surface area contributed by atoms with Gasteiger partial charge in [0.15, 0.2) is 0 Å². The van der Waals surface area contributed by atoms with Gasteiger partial charge in [0.2, 0.25) is 0 Å². The number of amides is 1. The van der Waals surface area contributed by atoms with E-state index in [4.69, 9.17) is 0 Å². The van der Waals surface area contributed by atoms with Gasteiger partial charge < -0.3 is 9.88 Å². The van der Waals surface area contributed by atoms with Crippen LogP contribution in [0.5, 0.6) is 0 Å². The molecule has 0 aliphatic heterocycles. The van der Waals surface area contributed by atoms with Crippen molar-refractivity contribution in [2.45, 2.75) is 38.5 Å². The Morgan fingerprint density at radius 2 is 2.28 bits per heavy atom. The van der Waals surface area contributed by atoms with Crippen molar-refractivity contribution in [3.63, 3.8) is 0 Å². The van der Waals surface area contributed by atoms with Crippen LogP contribution in [-0.4, -0.2) is 22.0 Å². The second kappa shape index (κ2) is 4.41. The lowest BCUT2D eigenvalue weighted by Gasteiger charge is -2.22. The molecule has 0 radical (unpaired) electrons. The summed E-state index contributed by atoms with van der Waals surface area (Å²) in [7, 11) is 1.85. The Labute approximate surface area is 108 Å². The molecule has 2 saturated carbocycles. The van der Waals surface area contributed by atoms with Gasteiger partial charge in [-0.3, -0.25) is 4.79 Å². The van der Waals surface area contributed by atoms with Crippen LogP contribution in [0.3, 0.4) is 0 Å². The minimum absolute atomic E-state index is 0.00728. The van der Waals surface area contributed by atoms with Crippen molar-refractivity contribution in [3.8, 4) is 0 Å². The van der Waals surface area contributed by atoms with E-state index in [1.165, 1.54) is 38.5 Å². The molecule has 1 aromatic rings. The first kappa shape index (κ1) is 11.8. The molecule has 1 amide bonds. The van der Waals surface area contributed by atoms with Crippen LogP contribution in [0, 0.1) is 11.3 Å². The lowest BCUT2D eigenvalue weighted by molar-refractivity contribution is 0.0941. The molecule has 1 heterocycles. The molecule has 18 heavy (non-hydrogen) atoms. The molecule has 0 saturated heterocycles. The van der Waals surface area contributed by atoms with Crippen LogP contribution < -0.4 is 5.32 Å². The molecule has 1 atom stereocenters. The van der Waals surface area contributed by atoms with E-state index < -0.39 is 0 Å². The Bertz CT molecular complexity index is 446. The van der Waals surface area contributed by atoms with Gasteiger partial charge in [-0.25, -0.2) is 4.98 Å². The lowest BCUT2D eigenvalue weighted by Crippen LogP contribution is -2.29. The summed E-state index contributed by atoms with van der Waals surface area (Å²) in [5.41, 5.74) is 1.24. The van der Waals surface area contributed by atoms with E-state index in [2.05, 4.69) is 10.3 Å². The number of imidazole rings is 1. The minimum Gasteiger partial charge on any atom is -0.350 e. The third kappa shape index (κ3) is 2.04. The van der Waals surface area contributed by atoms with Crippen LogP contribution >= 0.6 is 0 Å². The first-order valence-electron chi connectivity index (χ1n) is 6.96. The maximum Gasteiger partial charge on any atom is 0.269 e. The number of hydrogen-bond acceptors (Lipinski definition) is 2. The standard InChI is InChI=1S/C14H21N3O/c1-17-10-15-9-12(17)13(18)16-8-11-7-14(11)5-3-2-4-6-14/h9-11H,2-8H2,1H3,(H,16,18)/t11-/m0/s1. The Balaban J connectivity index is 1.51. The molecule has 0 aromatic carbocycles. The second-order valence-electron chi connectivity index (χ2n) is 5.92. The number of carbonyl (C=O) groups excluding carboxylic acids is 1. The van der Waals surface area contributed by atoms with Crippen molar-refractivity contribution in [1.29, 1.82) is 0 Å². The highest BCUT2D eigenvalue weighted by Crippen LogP contribution is 2.60. The Kier molecular flexibility index (Phi) is 2.88. The minimum atomic E-state index is 0.00728. The van der Waals surface area contributed by atoms with Crippen LogP contribution in [0.25, 0.3) is 0 Å². The highest BCUT2D eigenvalue weighted by Gasteiger charge is 2.53. The van der Waals surface area contributed by atoms with Crippen molar-refractivity contribution < 1.29 is 4.79 Å². The van der Waals surface area contributed by atoms with Crippen LogP contribution in [-0.2, 0) is 7.05 Å². The molecule has 98 valence electrons. The number of rotatable bonds is 3. The van der Waals surface area contributed by atoms with E-state index in [0.717, 1.165) is 12.5 Å². The summed E-state index contributed by atoms with van der Waals surface area (Å²) < 4.78 is 1.76.